The van der Waals surface area contributed by atoms with Crippen molar-refractivity contribution in [1.29, 1.82) is 0 Å². The molecule has 3 atom stereocenters. The van der Waals surface area contributed by atoms with Crippen molar-refractivity contribution in [1.82, 2.24) is 39.7 Å². The maximum Gasteiger partial charge on any atom is 0.407 e. The number of aryl methyl sites for hydroxylation is 1. The number of fused-ring (bicyclic) bond motifs is 1. The Morgan fingerprint density at radius 2 is 2.17 bits per heavy atom. The number of hydrogen-bond donors (Lipinski definition) is 3. The highest BCUT2D eigenvalue weighted by Crippen LogP contribution is 2.39. The van der Waals surface area contributed by atoms with Crippen molar-refractivity contribution in [3.8, 4) is 11.3 Å². The highest BCUT2D eigenvalue weighted by Gasteiger charge is 2.43. The molecule has 12 heteroatoms. The standard InChI is InChI=1S/C23H26FN9O2/c1-23(5-6-23)29-22(34)35-17-4-3-14(20(17)24)16-9-18(31-30-16)28-21-27-15(13-11-26-32(2)12-13)10-19-25-7-8-33(19)21/h7-12,14,17,20H,3-6H2,1-2H3,(H,29,34)(H2,27,28,30,31)/t14-,17-,20+/m0/s1. The fourth-order valence-electron chi connectivity index (χ4n) is 4.52. The van der Waals surface area contributed by atoms with Crippen molar-refractivity contribution in [2.45, 2.75) is 56.3 Å². The van der Waals surface area contributed by atoms with Gasteiger partial charge in [0.25, 0.3) is 0 Å². The maximum atomic E-state index is 15.2. The molecule has 2 aliphatic rings. The normalized spacial score (nSPS) is 22.9. The van der Waals surface area contributed by atoms with Crippen LogP contribution in [-0.4, -0.2) is 58.3 Å². The van der Waals surface area contributed by atoms with Crippen LogP contribution in [0.5, 0.6) is 0 Å². The minimum absolute atomic E-state index is 0.201. The highest BCUT2D eigenvalue weighted by atomic mass is 19.1. The van der Waals surface area contributed by atoms with Crippen LogP contribution in [0, 0.1) is 0 Å². The average Bonchev–Trinajstić information content (AvgIpc) is 3.34. The molecule has 6 rings (SSSR count). The molecule has 4 aromatic heterocycles. The van der Waals surface area contributed by atoms with Gasteiger partial charge in [-0.2, -0.15) is 10.2 Å². The van der Waals surface area contributed by atoms with Crippen LogP contribution in [-0.2, 0) is 11.8 Å². The molecular formula is C23H26FN9O2. The fraction of sp³-hybridized carbons (Fsp3) is 0.435. The summed E-state index contributed by atoms with van der Waals surface area (Å²) in [7, 11) is 1.85. The van der Waals surface area contributed by atoms with E-state index in [0.29, 0.717) is 36.0 Å². The summed E-state index contributed by atoms with van der Waals surface area (Å²) in [4.78, 5) is 21.2. The number of rotatable bonds is 6. The molecule has 3 N–H and O–H groups in total. The number of carbonyl (C=O) groups excluding carboxylic acids is 1. The van der Waals surface area contributed by atoms with Gasteiger partial charge in [-0.05, 0) is 32.6 Å². The van der Waals surface area contributed by atoms with Gasteiger partial charge in [0.05, 0.1) is 11.9 Å². The lowest BCUT2D eigenvalue weighted by Gasteiger charge is -2.19. The number of ether oxygens (including phenoxy) is 1. The predicted octanol–water partition coefficient (Wildman–Crippen LogP) is 3.46. The van der Waals surface area contributed by atoms with Gasteiger partial charge in [-0.3, -0.25) is 14.2 Å². The third-order valence-corrected chi connectivity index (χ3v) is 6.79. The lowest BCUT2D eigenvalue weighted by molar-refractivity contribution is 0.0546. The minimum Gasteiger partial charge on any atom is -0.443 e. The Labute approximate surface area is 200 Å². The van der Waals surface area contributed by atoms with Gasteiger partial charge in [0, 0.05) is 60.5 Å². The van der Waals surface area contributed by atoms with Gasteiger partial charge in [-0.1, -0.05) is 0 Å². The summed E-state index contributed by atoms with van der Waals surface area (Å²) in [6.07, 6.45) is 7.33. The largest absolute Gasteiger partial charge is 0.443 e. The molecule has 4 aromatic rings. The molecule has 4 heterocycles. The van der Waals surface area contributed by atoms with Crippen molar-refractivity contribution < 1.29 is 13.9 Å². The summed E-state index contributed by atoms with van der Waals surface area (Å²) in [5, 5.41) is 17.5. The number of anilines is 2. The average molecular weight is 480 g/mol. The molecule has 0 saturated heterocycles. The first kappa shape index (κ1) is 21.6. The lowest BCUT2D eigenvalue weighted by Crippen LogP contribution is -2.38. The van der Waals surface area contributed by atoms with E-state index in [1.54, 1.807) is 29.3 Å². The molecule has 35 heavy (non-hydrogen) atoms. The molecule has 2 fully saturated rings. The van der Waals surface area contributed by atoms with E-state index in [4.69, 9.17) is 9.72 Å². The zero-order valence-corrected chi connectivity index (χ0v) is 19.4. The first-order valence-electron chi connectivity index (χ1n) is 11.7. The van der Waals surface area contributed by atoms with E-state index >= 15 is 4.39 Å². The van der Waals surface area contributed by atoms with E-state index in [0.717, 1.165) is 24.1 Å². The van der Waals surface area contributed by atoms with Gasteiger partial charge in [-0.25, -0.2) is 19.2 Å². The molecule has 0 unspecified atom stereocenters. The quantitative estimate of drug-likeness (QED) is 0.386. The smallest absolute Gasteiger partial charge is 0.407 e. The van der Waals surface area contributed by atoms with Crippen molar-refractivity contribution in [2.75, 3.05) is 5.32 Å². The molecule has 1 amide bonds. The molecule has 2 aliphatic carbocycles. The van der Waals surface area contributed by atoms with Crippen LogP contribution >= 0.6 is 0 Å². The SMILES string of the molecule is Cn1cc(-c2cc3nccn3c(Nc3cc([C@@H]4CC[C@H](OC(=O)NC5(C)CC5)[C@@H]4F)[nH]n3)n2)cn1. The van der Waals surface area contributed by atoms with Gasteiger partial charge in [0.2, 0.25) is 5.95 Å². The molecule has 0 spiro atoms. The number of nitrogens with zero attached hydrogens (tertiary/aromatic N) is 6. The zero-order valence-electron chi connectivity index (χ0n) is 19.4. The van der Waals surface area contributed by atoms with Crippen LogP contribution in [0.3, 0.4) is 0 Å². The number of halogens is 1. The molecular weight excluding hydrogens is 453 g/mol. The van der Waals surface area contributed by atoms with E-state index < -0.39 is 24.3 Å². The number of alkyl carbamates (subject to hydrolysis) is 1. The summed E-state index contributed by atoms with van der Waals surface area (Å²) in [5.74, 6) is 0.587. The third kappa shape index (κ3) is 4.19. The number of imidazole rings is 1. The molecule has 182 valence electrons. The van der Waals surface area contributed by atoms with Crippen LogP contribution < -0.4 is 10.6 Å². The van der Waals surface area contributed by atoms with Crippen LogP contribution in [0.2, 0.25) is 0 Å². The molecule has 0 bridgehead atoms. The Kier molecular flexibility index (Phi) is 4.97. The van der Waals surface area contributed by atoms with Gasteiger partial charge in [-0.15, -0.1) is 0 Å². The van der Waals surface area contributed by atoms with Crippen LogP contribution in [0.25, 0.3) is 16.9 Å². The topological polar surface area (TPSA) is 127 Å². The Morgan fingerprint density at radius 1 is 1.31 bits per heavy atom. The first-order chi connectivity index (χ1) is 16.9. The molecule has 0 aliphatic heterocycles. The number of alkyl halides is 1. The van der Waals surface area contributed by atoms with Crippen molar-refractivity contribution in [2.24, 2.45) is 7.05 Å². The Hall–Kier alpha value is -3.96. The van der Waals surface area contributed by atoms with Gasteiger partial charge in [0.15, 0.2) is 5.82 Å². The molecule has 0 radical (unpaired) electrons. The summed E-state index contributed by atoms with van der Waals surface area (Å²) in [6, 6.07) is 3.65. The van der Waals surface area contributed by atoms with Gasteiger partial charge < -0.3 is 15.4 Å². The maximum absolute atomic E-state index is 15.2. The number of carbonyl (C=O) groups is 1. The van der Waals surface area contributed by atoms with Crippen molar-refractivity contribution >= 4 is 23.5 Å². The number of hydrogen-bond acceptors (Lipinski definition) is 7. The Morgan fingerprint density at radius 3 is 2.94 bits per heavy atom. The summed E-state index contributed by atoms with van der Waals surface area (Å²) < 4.78 is 24.1. The van der Waals surface area contributed by atoms with E-state index in [1.165, 1.54) is 0 Å². The number of amides is 1. The first-order valence-corrected chi connectivity index (χ1v) is 11.7. The number of H-pyrrole nitrogens is 1. The van der Waals surface area contributed by atoms with Crippen LogP contribution in [0.15, 0.2) is 36.9 Å². The highest BCUT2D eigenvalue weighted by molar-refractivity contribution is 5.69. The Bertz CT molecular complexity index is 1390. The fourth-order valence-corrected chi connectivity index (χ4v) is 4.52. The van der Waals surface area contributed by atoms with Crippen LogP contribution in [0.1, 0.15) is 44.2 Å². The van der Waals surface area contributed by atoms with Gasteiger partial charge >= 0.3 is 6.09 Å². The lowest BCUT2D eigenvalue weighted by atomic mass is 10.0. The molecule has 0 aromatic carbocycles. The number of aromatic nitrogens is 7. The third-order valence-electron chi connectivity index (χ3n) is 6.79. The second kappa shape index (κ2) is 8.07. The van der Waals surface area contributed by atoms with E-state index in [2.05, 4.69) is 30.9 Å². The number of nitrogens with one attached hydrogen (secondary N) is 3. The van der Waals surface area contributed by atoms with Gasteiger partial charge in [0.1, 0.15) is 17.9 Å². The van der Waals surface area contributed by atoms with E-state index in [9.17, 15) is 4.79 Å². The van der Waals surface area contributed by atoms with E-state index in [-0.39, 0.29) is 5.54 Å². The zero-order chi connectivity index (χ0) is 24.2. The second-order valence-corrected chi connectivity index (χ2v) is 9.61. The van der Waals surface area contributed by atoms with Crippen LogP contribution in [0.4, 0.5) is 21.0 Å². The summed E-state index contributed by atoms with van der Waals surface area (Å²) >= 11 is 0. The molecule has 11 nitrogen and oxygen atoms in total. The molecule has 2 saturated carbocycles. The van der Waals surface area contributed by atoms with E-state index in [1.807, 2.05) is 30.6 Å². The second-order valence-electron chi connectivity index (χ2n) is 9.61. The monoisotopic (exact) mass is 479 g/mol. The number of aromatic amines is 1. The Balaban J connectivity index is 1.18. The minimum atomic E-state index is -1.31. The van der Waals surface area contributed by atoms with Crippen molar-refractivity contribution in [3.05, 3.63) is 42.6 Å². The summed E-state index contributed by atoms with van der Waals surface area (Å²) in [5.41, 5.74) is 2.74. The van der Waals surface area contributed by atoms with Crippen molar-refractivity contribution in [3.63, 3.8) is 0 Å². The predicted molar refractivity (Wildman–Crippen MR) is 125 cm³/mol. The summed E-state index contributed by atoms with van der Waals surface area (Å²) in [6.45, 7) is 1.95.